The Morgan fingerprint density at radius 3 is 2.71 bits per heavy atom. The predicted octanol–water partition coefficient (Wildman–Crippen LogP) is 2.38. The van der Waals surface area contributed by atoms with E-state index in [4.69, 9.17) is 0 Å². The number of rotatable bonds is 5. The Morgan fingerprint density at radius 2 is 2.04 bits per heavy atom. The summed E-state index contributed by atoms with van der Waals surface area (Å²) >= 11 is 1.56. The molecule has 0 aliphatic rings. The zero-order valence-electron chi connectivity index (χ0n) is 13.3. The van der Waals surface area contributed by atoms with Crippen molar-refractivity contribution in [2.75, 3.05) is 6.26 Å². The number of hydrogen-bond donors (Lipinski definition) is 1. The minimum absolute atomic E-state index is 0.0948. The number of benzene rings is 1. The molecule has 1 unspecified atom stereocenters. The summed E-state index contributed by atoms with van der Waals surface area (Å²) in [4.78, 5) is 17.6. The zero-order chi connectivity index (χ0) is 17.3. The second-order valence-electron chi connectivity index (χ2n) is 5.55. The molecular weight excluding hydrogens is 346 g/mol. The Labute approximate surface area is 144 Å². The smallest absolute Gasteiger partial charge is 0.240 e. The van der Waals surface area contributed by atoms with Crippen molar-refractivity contribution in [3.8, 4) is 0 Å². The summed E-state index contributed by atoms with van der Waals surface area (Å²) in [6.45, 7) is 1.80. The van der Waals surface area contributed by atoms with Crippen LogP contribution in [-0.4, -0.2) is 30.1 Å². The summed E-state index contributed by atoms with van der Waals surface area (Å²) in [7, 11) is -3.54. The van der Waals surface area contributed by atoms with Crippen molar-refractivity contribution in [1.82, 2.24) is 14.9 Å². The maximum Gasteiger partial charge on any atom is 0.240 e. The molecule has 0 bridgehead atoms. The van der Waals surface area contributed by atoms with E-state index in [1.807, 2.05) is 24.4 Å². The number of aromatic nitrogens is 2. The standard InChI is InChI=1S/C16H17N3O3S2/c1-11(14-8-5-9-23-14)17-15(20)10-19-13-7-4-3-6-12(13)18-16(19)24(2,21)22/h3-9,11H,10H2,1-2H3,(H,17,20). The van der Waals surface area contributed by atoms with Crippen LogP contribution in [0, 0.1) is 0 Å². The molecule has 1 aromatic carbocycles. The van der Waals surface area contributed by atoms with E-state index in [9.17, 15) is 13.2 Å². The SMILES string of the molecule is CC(NC(=O)Cn1c(S(C)(=O)=O)nc2ccccc21)c1cccs1. The van der Waals surface area contributed by atoms with Gasteiger partial charge in [-0.05, 0) is 30.5 Å². The first kappa shape index (κ1) is 16.7. The maximum atomic E-state index is 12.4. The molecule has 0 saturated carbocycles. The summed E-state index contributed by atoms with van der Waals surface area (Å²) in [6, 6.07) is 10.8. The lowest BCUT2D eigenvalue weighted by molar-refractivity contribution is -0.122. The normalized spacial score (nSPS) is 13.1. The number of fused-ring (bicyclic) bond motifs is 1. The lowest BCUT2D eigenvalue weighted by atomic mass is 10.2. The number of amides is 1. The van der Waals surface area contributed by atoms with Crippen molar-refractivity contribution >= 4 is 38.1 Å². The van der Waals surface area contributed by atoms with Crippen LogP contribution in [0.2, 0.25) is 0 Å². The van der Waals surface area contributed by atoms with Crippen LogP contribution in [0.25, 0.3) is 11.0 Å². The second-order valence-corrected chi connectivity index (χ2v) is 8.43. The van der Waals surface area contributed by atoms with Crippen LogP contribution in [0.1, 0.15) is 17.8 Å². The minimum atomic E-state index is -3.54. The van der Waals surface area contributed by atoms with Crippen LogP contribution in [0.5, 0.6) is 0 Å². The molecule has 126 valence electrons. The van der Waals surface area contributed by atoms with E-state index in [-0.39, 0.29) is 23.7 Å². The fraction of sp³-hybridized carbons (Fsp3) is 0.250. The molecule has 3 rings (SSSR count). The third-order valence-electron chi connectivity index (χ3n) is 3.60. The van der Waals surface area contributed by atoms with Crippen LogP contribution >= 0.6 is 11.3 Å². The van der Waals surface area contributed by atoms with Crippen molar-refractivity contribution in [3.63, 3.8) is 0 Å². The molecule has 0 radical (unpaired) electrons. The number of carbonyl (C=O) groups is 1. The first-order chi connectivity index (χ1) is 11.4. The molecule has 1 amide bonds. The van der Waals surface area contributed by atoms with E-state index in [1.165, 1.54) is 4.57 Å². The number of hydrogen-bond acceptors (Lipinski definition) is 5. The molecular formula is C16H17N3O3S2. The van der Waals surface area contributed by atoms with Gasteiger partial charge in [-0.15, -0.1) is 11.3 Å². The summed E-state index contributed by atoms with van der Waals surface area (Å²) in [5.41, 5.74) is 1.17. The molecule has 3 aromatic rings. The molecule has 0 aliphatic carbocycles. The molecule has 24 heavy (non-hydrogen) atoms. The first-order valence-electron chi connectivity index (χ1n) is 7.34. The molecule has 0 aliphatic heterocycles. The molecule has 6 nitrogen and oxygen atoms in total. The van der Waals surface area contributed by atoms with E-state index in [0.717, 1.165) is 11.1 Å². The third kappa shape index (κ3) is 3.34. The van der Waals surface area contributed by atoms with Gasteiger partial charge in [-0.2, -0.15) is 0 Å². The lowest BCUT2D eigenvalue weighted by Gasteiger charge is -2.13. The second kappa shape index (κ2) is 6.37. The predicted molar refractivity (Wildman–Crippen MR) is 93.7 cm³/mol. The van der Waals surface area contributed by atoms with Crippen LogP contribution in [-0.2, 0) is 21.2 Å². The van der Waals surface area contributed by atoms with E-state index in [1.54, 1.807) is 35.6 Å². The molecule has 2 aromatic heterocycles. The van der Waals surface area contributed by atoms with E-state index in [0.29, 0.717) is 11.0 Å². The highest BCUT2D eigenvalue weighted by Crippen LogP contribution is 2.21. The van der Waals surface area contributed by atoms with Crippen molar-refractivity contribution in [1.29, 1.82) is 0 Å². The van der Waals surface area contributed by atoms with Gasteiger partial charge in [0.2, 0.25) is 20.9 Å². The lowest BCUT2D eigenvalue weighted by Crippen LogP contribution is -2.30. The number of nitrogens with zero attached hydrogens (tertiary/aromatic N) is 2. The number of thiophene rings is 1. The summed E-state index contributed by atoms with van der Waals surface area (Å²) in [5, 5.41) is 4.74. The fourth-order valence-electron chi connectivity index (χ4n) is 2.53. The van der Waals surface area contributed by atoms with Crippen LogP contribution in [0.15, 0.2) is 46.9 Å². The summed E-state index contributed by atoms with van der Waals surface area (Å²) < 4.78 is 25.4. The molecule has 0 fully saturated rings. The number of sulfone groups is 1. The molecule has 1 N–H and O–H groups in total. The van der Waals surface area contributed by atoms with Gasteiger partial charge < -0.3 is 9.88 Å². The third-order valence-corrected chi connectivity index (χ3v) is 5.63. The van der Waals surface area contributed by atoms with Gasteiger partial charge in [0.25, 0.3) is 0 Å². The fourth-order valence-corrected chi connectivity index (χ4v) is 4.09. The number of nitrogens with one attached hydrogen (secondary N) is 1. The topological polar surface area (TPSA) is 81.1 Å². The Kier molecular flexibility index (Phi) is 4.42. The number of carbonyl (C=O) groups excluding carboxylic acids is 1. The van der Waals surface area contributed by atoms with Gasteiger partial charge >= 0.3 is 0 Å². The van der Waals surface area contributed by atoms with Crippen molar-refractivity contribution in [2.45, 2.75) is 24.7 Å². The minimum Gasteiger partial charge on any atom is -0.347 e. The van der Waals surface area contributed by atoms with Crippen LogP contribution in [0.4, 0.5) is 0 Å². The summed E-state index contributed by atoms with van der Waals surface area (Å²) in [5.74, 6) is -0.260. The first-order valence-corrected chi connectivity index (χ1v) is 10.1. The Hall–Kier alpha value is -2.19. The van der Waals surface area contributed by atoms with Gasteiger partial charge in [-0.3, -0.25) is 4.79 Å². The van der Waals surface area contributed by atoms with Gasteiger partial charge in [0.15, 0.2) is 0 Å². The van der Waals surface area contributed by atoms with Gasteiger partial charge in [0.05, 0.1) is 17.1 Å². The van der Waals surface area contributed by atoms with Crippen molar-refractivity contribution in [2.24, 2.45) is 0 Å². The van der Waals surface area contributed by atoms with Crippen LogP contribution < -0.4 is 5.32 Å². The van der Waals surface area contributed by atoms with E-state index in [2.05, 4.69) is 10.3 Å². The number of para-hydroxylation sites is 2. The Morgan fingerprint density at radius 1 is 1.29 bits per heavy atom. The monoisotopic (exact) mass is 363 g/mol. The average molecular weight is 363 g/mol. The molecule has 8 heteroatoms. The van der Waals surface area contributed by atoms with Crippen LogP contribution in [0.3, 0.4) is 0 Å². The van der Waals surface area contributed by atoms with E-state index < -0.39 is 9.84 Å². The maximum absolute atomic E-state index is 12.4. The molecule has 2 heterocycles. The highest BCUT2D eigenvalue weighted by atomic mass is 32.2. The zero-order valence-corrected chi connectivity index (χ0v) is 14.9. The Bertz CT molecular complexity index is 975. The van der Waals surface area contributed by atoms with Gasteiger partial charge in [-0.25, -0.2) is 13.4 Å². The Balaban J connectivity index is 1.90. The molecule has 0 spiro atoms. The van der Waals surface area contributed by atoms with Gasteiger partial charge in [-0.1, -0.05) is 18.2 Å². The number of imidazole rings is 1. The summed E-state index contributed by atoms with van der Waals surface area (Å²) in [6.07, 6.45) is 1.09. The van der Waals surface area contributed by atoms with Gasteiger partial charge in [0.1, 0.15) is 6.54 Å². The highest BCUT2D eigenvalue weighted by Gasteiger charge is 2.21. The molecule has 0 saturated heterocycles. The highest BCUT2D eigenvalue weighted by molar-refractivity contribution is 7.90. The van der Waals surface area contributed by atoms with E-state index >= 15 is 0 Å². The quantitative estimate of drug-likeness (QED) is 0.755. The molecule has 1 atom stereocenters. The van der Waals surface area contributed by atoms with Gasteiger partial charge in [0, 0.05) is 11.1 Å². The largest absolute Gasteiger partial charge is 0.347 e. The van der Waals surface area contributed by atoms with Crippen molar-refractivity contribution < 1.29 is 13.2 Å². The average Bonchev–Trinajstić information content (AvgIpc) is 3.15. The van der Waals surface area contributed by atoms with Crippen molar-refractivity contribution in [3.05, 3.63) is 46.7 Å².